The molecule has 0 atom stereocenters. The predicted octanol–water partition coefficient (Wildman–Crippen LogP) is -0.262. The van der Waals surface area contributed by atoms with Gasteiger partial charge < -0.3 is 24.8 Å². The van der Waals surface area contributed by atoms with Crippen molar-refractivity contribution in [3.05, 3.63) is 46.6 Å². The zero-order valence-corrected chi connectivity index (χ0v) is 18.8. The molecule has 21 heavy (non-hydrogen) atoms. The van der Waals surface area contributed by atoms with Crippen LogP contribution in [0, 0.1) is 12.2 Å². The topological polar surface area (TPSA) is 0 Å². The molecule has 0 saturated carbocycles. The van der Waals surface area contributed by atoms with Gasteiger partial charge in [-0.3, -0.25) is 12.2 Å². The quantitative estimate of drug-likeness (QED) is 0.376. The van der Waals surface area contributed by atoms with E-state index in [0.29, 0.717) is 0 Å². The van der Waals surface area contributed by atoms with Gasteiger partial charge in [0.1, 0.15) is 0 Å². The Morgan fingerprint density at radius 1 is 0.714 bits per heavy atom. The van der Waals surface area contributed by atoms with Crippen LogP contribution in [0.2, 0.25) is 0 Å². The molecule has 0 nitrogen and oxygen atoms in total. The molecule has 0 spiro atoms. The Hall–Kier alpha value is 0.410. The van der Waals surface area contributed by atoms with Gasteiger partial charge >= 0.3 is 25.8 Å². The number of allylic oxidation sites excluding steroid dienone is 8. The Kier molecular flexibility index (Phi) is 19.2. The van der Waals surface area contributed by atoms with E-state index in [-0.39, 0.29) is 50.7 Å². The SMILES string of the molecule is CCC1=C(CC)CC=[C-]1.CCC1=C(CC)CC=[C-]1.[Cl-].[Cl-].[Hf+4]. The normalized spacial score (nSPS) is 15.0. The van der Waals surface area contributed by atoms with Crippen molar-refractivity contribution in [2.45, 2.75) is 66.2 Å². The van der Waals surface area contributed by atoms with Gasteiger partial charge in [0.15, 0.2) is 0 Å². The average molecular weight is 492 g/mol. The minimum absolute atomic E-state index is 0. The van der Waals surface area contributed by atoms with E-state index in [1.807, 2.05) is 0 Å². The maximum Gasteiger partial charge on any atom is 4.00 e. The second kappa shape index (κ2) is 15.3. The molecule has 2 rings (SSSR count). The maximum atomic E-state index is 3.26. The van der Waals surface area contributed by atoms with Crippen molar-refractivity contribution < 1.29 is 50.7 Å². The molecule has 2 aliphatic carbocycles. The van der Waals surface area contributed by atoms with Crippen molar-refractivity contribution in [2.75, 3.05) is 0 Å². The van der Waals surface area contributed by atoms with E-state index in [1.54, 1.807) is 11.1 Å². The Morgan fingerprint density at radius 2 is 1.05 bits per heavy atom. The van der Waals surface area contributed by atoms with Crippen molar-refractivity contribution in [1.29, 1.82) is 0 Å². The molecule has 0 aromatic rings. The molecule has 0 aromatic heterocycles. The third kappa shape index (κ3) is 8.57. The molecule has 0 radical (unpaired) electrons. The molecular weight excluding hydrogens is 466 g/mol. The van der Waals surface area contributed by atoms with Crippen LogP contribution in [0.4, 0.5) is 0 Å². The molecule has 3 heteroatoms. The number of halogens is 2. The summed E-state index contributed by atoms with van der Waals surface area (Å²) in [6.45, 7) is 8.81. The Bertz CT molecular complexity index is 352. The first-order valence-corrected chi connectivity index (χ1v) is 7.34. The Balaban J connectivity index is -0.000000270. The minimum atomic E-state index is 0. The summed E-state index contributed by atoms with van der Waals surface area (Å²) in [6, 6.07) is 0. The van der Waals surface area contributed by atoms with E-state index < -0.39 is 0 Å². The first kappa shape index (κ1) is 26.3. The van der Waals surface area contributed by atoms with E-state index in [9.17, 15) is 0 Å². The third-order valence-electron chi connectivity index (χ3n) is 3.66. The molecule has 0 aliphatic heterocycles. The Labute approximate surface area is 162 Å². The van der Waals surface area contributed by atoms with Gasteiger partial charge in [0, 0.05) is 0 Å². The van der Waals surface area contributed by atoms with Crippen LogP contribution >= 0.6 is 0 Å². The number of hydrogen-bond acceptors (Lipinski definition) is 0. The monoisotopic (exact) mass is 492 g/mol. The zero-order chi connectivity index (χ0) is 13.4. The predicted molar refractivity (Wildman–Crippen MR) is 80.1 cm³/mol. The van der Waals surface area contributed by atoms with Crippen LogP contribution in [0.15, 0.2) is 34.4 Å². The van der Waals surface area contributed by atoms with Gasteiger partial charge in [-0.25, -0.2) is 22.3 Å². The average Bonchev–Trinajstić information content (AvgIpc) is 3.06. The van der Waals surface area contributed by atoms with E-state index >= 15 is 0 Å². The van der Waals surface area contributed by atoms with Gasteiger partial charge in [-0.2, -0.15) is 12.2 Å². The molecule has 0 unspecified atom stereocenters. The van der Waals surface area contributed by atoms with Crippen LogP contribution in [-0.2, 0) is 25.8 Å². The maximum absolute atomic E-state index is 3.26. The summed E-state index contributed by atoms with van der Waals surface area (Å²) in [7, 11) is 0. The first-order valence-electron chi connectivity index (χ1n) is 7.34. The second-order valence-electron chi connectivity index (χ2n) is 4.68. The molecule has 0 fully saturated rings. The summed E-state index contributed by atoms with van der Waals surface area (Å²) in [5.74, 6) is 0. The molecule has 116 valence electrons. The standard InChI is InChI=1S/2C9H13.2ClH.Hf/c2*1-3-8-6-5-7-9(8)4-2;;;/h2*5H,3-4,6H2,1-2H3;2*1H;/q2*-1;;;+4/p-2. The van der Waals surface area contributed by atoms with Gasteiger partial charge in [-0.15, -0.1) is 12.8 Å². The van der Waals surface area contributed by atoms with Crippen molar-refractivity contribution in [3.63, 3.8) is 0 Å². The fourth-order valence-electron chi connectivity index (χ4n) is 2.46. The minimum Gasteiger partial charge on any atom is -1.00 e. The molecular formula is C18H26Cl2Hf. The van der Waals surface area contributed by atoms with Gasteiger partial charge in [0.2, 0.25) is 0 Å². The van der Waals surface area contributed by atoms with E-state index in [0.717, 1.165) is 25.7 Å². The van der Waals surface area contributed by atoms with Crippen LogP contribution < -0.4 is 24.8 Å². The van der Waals surface area contributed by atoms with E-state index in [2.05, 4.69) is 52.0 Å². The summed E-state index contributed by atoms with van der Waals surface area (Å²) in [4.78, 5) is 0. The molecule has 0 bridgehead atoms. The fourth-order valence-corrected chi connectivity index (χ4v) is 2.46. The van der Waals surface area contributed by atoms with Crippen LogP contribution in [0.1, 0.15) is 66.2 Å². The third-order valence-corrected chi connectivity index (χ3v) is 3.66. The summed E-state index contributed by atoms with van der Waals surface area (Å²) in [5.41, 5.74) is 6.05. The van der Waals surface area contributed by atoms with E-state index in [4.69, 9.17) is 0 Å². The Morgan fingerprint density at radius 3 is 1.24 bits per heavy atom. The molecule has 0 aromatic carbocycles. The van der Waals surface area contributed by atoms with E-state index in [1.165, 1.54) is 24.0 Å². The molecule has 0 saturated heterocycles. The summed E-state index contributed by atoms with van der Waals surface area (Å²) < 4.78 is 0. The van der Waals surface area contributed by atoms with Crippen molar-refractivity contribution in [1.82, 2.24) is 0 Å². The van der Waals surface area contributed by atoms with Gasteiger partial charge in [-0.05, 0) is 0 Å². The van der Waals surface area contributed by atoms with Gasteiger partial charge in [-0.1, -0.05) is 53.4 Å². The van der Waals surface area contributed by atoms with Crippen LogP contribution in [0.3, 0.4) is 0 Å². The van der Waals surface area contributed by atoms with Crippen LogP contribution in [-0.4, -0.2) is 0 Å². The van der Waals surface area contributed by atoms with Crippen LogP contribution in [0.25, 0.3) is 0 Å². The summed E-state index contributed by atoms with van der Waals surface area (Å²) in [6.07, 6.45) is 17.8. The van der Waals surface area contributed by atoms with Crippen molar-refractivity contribution in [3.8, 4) is 0 Å². The molecule has 2 aliphatic rings. The van der Waals surface area contributed by atoms with Crippen molar-refractivity contribution >= 4 is 0 Å². The molecule has 0 amide bonds. The number of rotatable bonds is 4. The smallest absolute Gasteiger partial charge is 1.00 e. The number of hydrogen-bond donors (Lipinski definition) is 0. The second-order valence-corrected chi connectivity index (χ2v) is 4.68. The summed E-state index contributed by atoms with van der Waals surface area (Å²) in [5, 5.41) is 0. The largest absolute Gasteiger partial charge is 4.00 e. The molecule has 0 N–H and O–H groups in total. The van der Waals surface area contributed by atoms with Gasteiger partial charge in [0.05, 0.1) is 0 Å². The fraction of sp³-hybridized carbons (Fsp3) is 0.556. The van der Waals surface area contributed by atoms with Crippen molar-refractivity contribution in [2.24, 2.45) is 0 Å². The zero-order valence-electron chi connectivity index (χ0n) is 13.7. The van der Waals surface area contributed by atoms with Crippen LogP contribution in [0.5, 0.6) is 0 Å². The van der Waals surface area contributed by atoms with Gasteiger partial charge in [0.25, 0.3) is 0 Å². The molecule has 0 heterocycles. The summed E-state index contributed by atoms with van der Waals surface area (Å²) >= 11 is 0. The first-order chi connectivity index (χ1) is 8.76.